The molecule has 1 heterocycles. The lowest BCUT2D eigenvalue weighted by molar-refractivity contribution is 0.281. The van der Waals surface area contributed by atoms with E-state index in [0.717, 1.165) is 21.3 Å². The number of sulfonamides is 1. The number of hydrogen-bond acceptors (Lipinski definition) is 4. The van der Waals surface area contributed by atoms with Gasteiger partial charge in [-0.3, -0.25) is 0 Å². The van der Waals surface area contributed by atoms with E-state index in [0.29, 0.717) is 9.90 Å². The summed E-state index contributed by atoms with van der Waals surface area (Å²) in [6.07, 6.45) is 0. The Kier molecular flexibility index (Phi) is 5.00. The minimum absolute atomic E-state index is 0.112. The monoisotopic (exact) mass is 349 g/mol. The zero-order valence-corrected chi connectivity index (χ0v) is 13.5. The molecule has 8 heteroatoms. The first-order valence-corrected chi connectivity index (χ1v) is 8.58. The average molecular weight is 350 g/mol. The molecule has 0 saturated heterocycles. The van der Waals surface area contributed by atoms with Crippen LogP contribution in [0, 0.1) is 5.82 Å². The van der Waals surface area contributed by atoms with Gasteiger partial charge in [-0.1, -0.05) is 17.7 Å². The second-order valence-electron chi connectivity index (χ2n) is 4.39. The van der Waals surface area contributed by atoms with Crippen LogP contribution in [0.25, 0.3) is 0 Å². The lowest BCUT2D eigenvalue weighted by Crippen LogP contribution is -2.27. The lowest BCUT2D eigenvalue weighted by Gasteiger charge is -2.17. The number of benzene rings is 1. The predicted octanol–water partition coefficient (Wildman–Crippen LogP) is 2.85. The molecule has 2 rings (SSSR count). The molecular formula is C13H13ClFNO3S2. The van der Waals surface area contributed by atoms with E-state index in [1.54, 1.807) is 12.1 Å². The number of rotatable bonds is 5. The third-order valence-electron chi connectivity index (χ3n) is 2.87. The Morgan fingerprint density at radius 3 is 2.57 bits per heavy atom. The number of aliphatic hydroxyl groups is 1. The zero-order valence-electron chi connectivity index (χ0n) is 11.1. The summed E-state index contributed by atoms with van der Waals surface area (Å²) in [5, 5.41) is 8.92. The van der Waals surface area contributed by atoms with Crippen molar-refractivity contribution < 1.29 is 17.9 Å². The van der Waals surface area contributed by atoms with Crippen LogP contribution in [-0.2, 0) is 23.2 Å². The summed E-state index contributed by atoms with van der Waals surface area (Å²) < 4.78 is 40.2. The zero-order chi connectivity index (χ0) is 15.6. The fraction of sp³-hybridized carbons (Fsp3) is 0.231. The maximum Gasteiger partial charge on any atom is 0.246 e. The number of thiophene rings is 1. The fourth-order valence-electron chi connectivity index (χ4n) is 1.76. The predicted molar refractivity (Wildman–Crippen MR) is 80.3 cm³/mol. The molecular weight excluding hydrogens is 337 g/mol. The Balaban J connectivity index is 2.28. The van der Waals surface area contributed by atoms with Crippen LogP contribution in [0.3, 0.4) is 0 Å². The normalized spacial score (nSPS) is 12.0. The van der Waals surface area contributed by atoms with Gasteiger partial charge in [-0.25, -0.2) is 12.8 Å². The van der Waals surface area contributed by atoms with E-state index < -0.39 is 20.7 Å². The molecule has 0 spiro atoms. The summed E-state index contributed by atoms with van der Waals surface area (Å²) in [4.78, 5) is 0.350. The number of hydrogen-bond donors (Lipinski definition) is 1. The highest BCUT2D eigenvalue weighted by molar-refractivity contribution is 7.89. The largest absolute Gasteiger partial charge is 0.392 e. The second kappa shape index (κ2) is 6.41. The third kappa shape index (κ3) is 3.61. The summed E-state index contributed by atoms with van der Waals surface area (Å²) >= 11 is 7.07. The van der Waals surface area contributed by atoms with Gasteiger partial charge in [0.15, 0.2) is 0 Å². The third-order valence-corrected chi connectivity index (χ3v) is 5.93. The molecule has 0 saturated carbocycles. The summed E-state index contributed by atoms with van der Waals surface area (Å²) in [7, 11) is -2.57. The fourth-order valence-corrected chi connectivity index (χ4v) is 4.17. The topological polar surface area (TPSA) is 57.6 Å². The molecule has 0 bridgehead atoms. The number of aliphatic hydroxyl groups excluding tert-OH is 1. The van der Waals surface area contributed by atoms with E-state index in [1.807, 2.05) is 0 Å². The molecule has 1 aromatic carbocycles. The minimum atomic E-state index is -3.94. The van der Waals surface area contributed by atoms with Crippen LogP contribution in [0.2, 0.25) is 4.34 Å². The molecule has 2 aromatic rings. The van der Waals surface area contributed by atoms with E-state index in [2.05, 4.69) is 0 Å². The highest BCUT2D eigenvalue weighted by atomic mass is 35.5. The van der Waals surface area contributed by atoms with Crippen molar-refractivity contribution in [1.29, 1.82) is 0 Å². The van der Waals surface area contributed by atoms with E-state index >= 15 is 0 Å². The van der Waals surface area contributed by atoms with Gasteiger partial charge in [-0.2, -0.15) is 4.31 Å². The summed E-state index contributed by atoms with van der Waals surface area (Å²) in [5.74, 6) is -0.877. The molecule has 0 amide bonds. The number of halogens is 2. The Bertz CT molecular complexity index is 746. The van der Waals surface area contributed by atoms with E-state index in [4.69, 9.17) is 16.7 Å². The highest BCUT2D eigenvalue weighted by Crippen LogP contribution is 2.25. The molecule has 0 aliphatic rings. The van der Waals surface area contributed by atoms with E-state index in [9.17, 15) is 12.8 Å². The van der Waals surface area contributed by atoms with Crippen molar-refractivity contribution in [2.24, 2.45) is 0 Å². The molecule has 1 N–H and O–H groups in total. The van der Waals surface area contributed by atoms with Crippen LogP contribution >= 0.6 is 22.9 Å². The first kappa shape index (κ1) is 16.4. The van der Waals surface area contributed by atoms with Gasteiger partial charge in [0, 0.05) is 18.5 Å². The maximum atomic E-state index is 13.9. The molecule has 1 aromatic heterocycles. The van der Waals surface area contributed by atoms with Crippen LogP contribution in [0.5, 0.6) is 0 Å². The second-order valence-corrected chi connectivity index (χ2v) is 8.20. The van der Waals surface area contributed by atoms with Gasteiger partial charge in [0.1, 0.15) is 10.7 Å². The van der Waals surface area contributed by atoms with Gasteiger partial charge in [-0.15, -0.1) is 11.3 Å². The molecule has 0 radical (unpaired) electrons. The van der Waals surface area contributed by atoms with Gasteiger partial charge in [0.05, 0.1) is 10.9 Å². The first-order chi connectivity index (χ1) is 9.84. The molecule has 114 valence electrons. The van der Waals surface area contributed by atoms with Crippen molar-refractivity contribution in [1.82, 2.24) is 4.31 Å². The summed E-state index contributed by atoms with van der Waals surface area (Å²) in [6.45, 7) is -0.234. The van der Waals surface area contributed by atoms with Crippen molar-refractivity contribution in [2.45, 2.75) is 18.0 Å². The molecule has 21 heavy (non-hydrogen) atoms. The lowest BCUT2D eigenvalue weighted by atomic mass is 10.2. The maximum absolute atomic E-state index is 13.9. The van der Waals surface area contributed by atoms with E-state index in [-0.39, 0.29) is 13.2 Å². The van der Waals surface area contributed by atoms with Gasteiger partial charge < -0.3 is 5.11 Å². The molecule has 4 nitrogen and oxygen atoms in total. The van der Waals surface area contributed by atoms with Crippen LogP contribution in [0.1, 0.15) is 10.4 Å². The van der Waals surface area contributed by atoms with Gasteiger partial charge in [-0.05, 0) is 29.8 Å². The molecule has 0 fully saturated rings. The van der Waals surface area contributed by atoms with Gasteiger partial charge in [0.2, 0.25) is 10.0 Å². The van der Waals surface area contributed by atoms with Crippen molar-refractivity contribution in [3.8, 4) is 0 Å². The summed E-state index contributed by atoms with van der Waals surface area (Å²) in [5.41, 5.74) is 0.319. The first-order valence-electron chi connectivity index (χ1n) is 5.94. The standard InChI is InChI=1S/C13H13ClFNO3S2/c1-16(7-10-3-5-13(14)20-10)21(18,19)12-4-2-9(8-17)6-11(12)15/h2-6,17H,7-8H2,1H3. The average Bonchev–Trinajstić information content (AvgIpc) is 2.83. The molecule has 0 aliphatic heterocycles. The number of nitrogens with zero attached hydrogens (tertiary/aromatic N) is 1. The quantitative estimate of drug-likeness (QED) is 0.903. The smallest absolute Gasteiger partial charge is 0.246 e. The molecule has 0 aliphatic carbocycles. The Morgan fingerprint density at radius 1 is 1.33 bits per heavy atom. The van der Waals surface area contributed by atoms with Crippen LogP contribution in [0.4, 0.5) is 4.39 Å². The molecule has 0 unspecified atom stereocenters. The van der Waals surface area contributed by atoms with Crippen LogP contribution < -0.4 is 0 Å². The Hall–Kier alpha value is -0.990. The minimum Gasteiger partial charge on any atom is -0.392 e. The van der Waals surface area contributed by atoms with Crippen LogP contribution in [0.15, 0.2) is 35.2 Å². The Morgan fingerprint density at radius 2 is 2.05 bits per heavy atom. The summed E-state index contributed by atoms with van der Waals surface area (Å²) in [6, 6.07) is 6.96. The molecule has 0 atom stereocenters. The SMILES string of the molecule is CN(Cc1ccc(Cl)s1)S(=O)(=O)c1ccc(CO)cc1F. The van der Waals surface area contributed by atoms with Crippen molar-refractivity contribution in [3.05, 3.63) is 50.9 Å². The Labute approximate surface area is 131 Å². The van der Waals surface area contributed by atoms with E-state index in [1.165, 1.54) is 24.5 Å². The van der Waals surface area contributed by atoms with Crippen molar-refractivity contribution >= 4 is 33.0 Å². The van der Waals surface area contributed by atoms with Crippen LogP contribution in [-0.4, -0.2) is 24.9 Å². The van der Waals surface area contributed by atoms with Gasteiger partial charge >= 0.3 is 0 Å². The van der Waals surface area contributed by atoms with Gasteiger partial charge in [0.25, 0.3) is 0 Å². The highest BCUT2D eigenvalue weighted by Gasteiger charge is 2.25. The van der Waals surface area contributed by atoms with Crippen molar-refractivity contribution in [3.63, 3.8) is 0 Å². The van der Waals surface area contributed by atoms with Crippen molar-refractivity contribution in [2.75, 3.05) is 7.05 Å².